The third kappa shape index (κ3) is 3.56. The SMILES string of the molecule is Cc1ccc(-c2csc(NC(=O)Cn3cnc4c3c(C)cc(=O)n4C)n2)cc1F. The van der Waals surface area contributed by atoms with Crippen LogP contribution in [0.1, 0.15) is 11.1 Å². The van der Waals surface area contributed by atoms with Crippen molar-refractivity contribution in [1.29, 1.82) is 0 Å². The molecule has 0 fully saturated rings. The third-order valence-corrected chi connectivity index (χ3v) is 5.47. The first-order chi connectivity index (χ1) is 13.8. The molecule has 9 heteroatoms. The van der Waals surface area contributed by atoms with Crippen molar-refractivity contribution in [3.05, 3.63) is 63.3 Å². The van der Waals surface area contributed by atoms with Crippen LogP contribution in [0.4, 0.5) is 9.52 Å². The molecule has 0 aliphatic heterocycles. The first-order valence-corrected chi connectivity index (χ1v) is 9.75. The highest BCUT2D eigenvalue weighted by molar-refractivity contribution is 7.14. The highest BCUT2D eigenvalue weighted by Crippen LogP contribution is 2.26. The number of thiazole rings is 1. The predicted octanol–water partition coefficient (Wildman–Crippen LogP) is 3.25. The summed E-state index contributed by atoms with van der Waals surface area (Å²) >= 11 is 1.27. The molecular weight excluding hydrogens is 393 g/mol. The first-order valence-electron chi connectivity index (χ1n) is 8.87. The van der Waals surface area contributed by atoms with Crippen LogP contribution in [0.3, 0.4) is 0 Å². The standard InChI is InChI=1S/C20H18FN5O2S/c1-11-4-5-13(7-14(11)21)15-9-29-20(23-15)24-16(27)8-26-10-22-19-18(26)12(2)6-17(28)25(19)3/h4-7,9-10H,8H2,1-3H3,(H,23,24,27). The van der Waals surface area contributed by atoms with Crippen LogP contribution in [0, 0.1) is 19.7 Å². The number of benzene rings is 1. The Morgan fingerprint density at radius 1 is 1.24 bits per heavy atom. The summed E-state index contributed by atoms with van der Waals surface area (Å²) in [5.74, 6) is -0.564. The van der Waals surface area contributed by atoms with Crippen LogP contribution >= 0.6 is 11.3 Å². The summed E-state index contributed by atoms with van der Waals surface area (Å²) in [4.78, 5) is 33.0. The predicted molar refractivity (Wildman–Crippen MR) is 111 cm³/mol. The van der Waals surface area contributed by atoms with E-state index in [0.29, 0.717) is 27.6 Å². The molecule has 0 bridgehead atoms. The Balaban J connectivity index is 1.53. The van der Waals surface area contributed by atoms with E-state index in [4.69, 9.17) is 0 Å². The topological polar surface area (TPSA) is 81.8 Å². The van der Waals surface area contributed by atoms with Gasteiger partial charge in [0.15, 0.2) is 10.8 Å². The van der Waals surface area contributed by atoms with Gasteiger partial charge >= 0.3 is 0 Å². The zero-order valence-corrected chi connectivity index (χ0v) is 16.9. The average molecular weight is 411 g/mol. The van der Waals surface area contributed by atoms with Gasteiger partial charge in [-0.3, -0.25) is 14.2 Å². The van der Waals surface area contributed by atoms with Gasteiger partial charge in [-0.25, -0.2) is 14.4 Å². The van der Waals surface area contributed by atoms with Gasteiger partial charge in [0.2, 0.25) is 5.91 Å². The maximum Gasteiger partial charge on any atom is 0.252 e. The number of nitrogens with zero attached hydrogens (tertiary/aromatic N) is 4. The Morgan fingerprint density at radius 3 is 2.79 bits per heavy atom. The number of aromatic nitrogens is 4. The number of halogens is 1. The summed E-state index contributed by atoms with van der Waals surface area (Å²) in [7, 11) is 1.65. The van der Waals surface area contributed by atoms with Gasteiger partial charge in [-0.05, 0) is 31.0 Å². The van der Waals surface area contributed by atoms with Gasteiger partial charge in [0.25, 0.3) is 5.56 Å². The highest BCUT2D eigenvalue weighted by Gasteiger charge is 2.14. The molecule has 3 aromatic heterocycles. The molecule has 4 aromatic rings. The lowest BCUT2D eigenvalue weighted by Gasteiger charge is -2.07. The number of carbonyl (C=O) groups is 1. The molecule has 1 amide bonds. The van der Waals surface area contributed by atoms with E-state index in [9.17, 15) is 14.0 Å². The van der Waals surface area contributed by atoms with Gasteiger partial charge in [0, 0.05) is 24.1 Å². The smallest absolute Gasteiger partial charge is 0.252 e. The van der Waals surface area contributed by atoms with Gasteiger partial charge < -0.3 is 9.88 Å². The second-order valence-electron chi connectivity index (χ2n) is 6.82. The summed E-state index contributed by atoms with van der Waals surface area (Å²) in [5, 5.41) is 4.96. The van der Waals surface area contributed by atoms with E-state index in [0.717, 1.165) is 11.1 Å². The number of carbonyl (C=O) groups excluding carboxylic acids is 1. The van der Waals surface area contributed by atoms with Crippen molar-refractivity contribution < 1.29 is 9.18 Å². The quantitative estimate of drug-likeness (QED) is 0.559. The molecule has 0 aliphatic carbocycles. The number of anilines is 1. The van der Waals surface area contributed by atoms with E-state index in [1.807, 2.05) is 6.92 Å². The minimum Gasteiger partial charge on any atom is -0.320 e. The summed E-state index contributed by atoms with van der Waals surface area (Å²) in [6.45, 7) is 3.54. The fraction of sp³-hybridized carbons (Fsp3) is 0.200. The van der Waals surface area contributed by atoms with Crippen LogP contribution in [0.25, 0.3) is 22.4 Å². The summed E-state index contributed by atoms with van der Waals surface area (Å²) < 4.78 is 16.9. The molecule has 0 unspecified atom stereocenters. The Bertz CT molecular complexity index is 1300. The number of imidazole rings is 1. The van der Waals surface area contributed by atoms with Crippen molar-refractivity contribution >= 4 is 33.5 Å². The van der Waals surface area contributed by atoms with Gasteiger partial charge in [0.05, 0.1) is 17.5 Å². The normalized spacial score (nSPS) is 11.2. The molecule has 3 heterocycles. The van der Waals surface area contributed by atoms with Gasteiger partial charge in [-0.2, -0.15) is 0 Å². The number of fused-ring (bicyclic) bond motifs is 1. The van der Waals surface area contributed by atoms with Gasteiger partial charge in [-0.15, -0.1) is 11.3 Å². The maximum absolute atomic E-state index is 13.8. The van der Waals surface area contributed by atoms with Crippen molar-refractivity contribution in [2.24, 2.45) is 7.05 Å². The van der Waals surface area contributed by atoms with Crippen molar-refractivity contribution in [2.75, 3.05) is 5.32 Å². The van der Waals surface area contributed by atoms with Crippen molar-refractivity contribution in [3.8, 4) is 11.3 Å². The molecule has 1 aromatic carbocycles. The van der Waals surface area contributed by atoms with Crippen LogP contribution in [0.15, 0.2) is 40.8 Å². The van der Waals surface area contributed by atoms with E-state index in [1.165, 1.54) is 28.0 Å². The third-order valence-electron chi connectivity index (χ3n) is 4.71. The fourth-order valence-corrected chi connectivity index (χ4v) is 3.86. The monoisotopic (exact) mass is 411 g/mol. The Morgan fingerprint density at radius 2 is 2.03 bits per heavy atom. The minimum atomic E-state index is -0.294. The lowest BCUT2D eigenvalue weighted by Crippen LogP contribution is -2.20. The molecule has 0 aliphatic rings. The van der Waals surface area contributed by atoms with Crippen LogP contribution < -0.4 is 10.9 Å². The molecule has 29 heavy (non-hydrogen) atoms. The van der Waals surface area contributed by atoms with Crippen LogP contribution in [0.2, 0.25) is 0 Å². The molecule has 7 nitrogen and oxygen atoms in total. The molecule has 148 valence electrons. The number of rotatable bonds is 4. The minimum absolute atomic E-state index is 0.0314. The summed E-state index contributed by atoms with van der Waals surface area (Å²) in [5.41, 5.74) is 3.69. The second-order valence-corrected chi connectivity index (χ2v) is 7.68. The molecule has 0 saturated carbocycles. The van der Waals surface area contributed by atoms with Crippen molar-refractivity contribution in [2.45, 2.75) is 20.4 Å². The molecule has 0 spiro atoms. The zero-order chi connectivity index (χ0) is 20.7. The molecule has 0 atom stereocenters. The molecule has 0 radical (unpaired) electrons. The summed E-state index contributed by atoms with van der Waals surface area (Å²) in [6.07, 6.45) is 1.54. The number of hydrogen-bond donors (Lipinski definition) is 1. The Kier molecular flexibility index (Phi) is 4.75. The number of nitrogens with one attached hydrogen (secondary N) is 1. The largest absolute Gasteiger partial charge is 0.320 e. The van der Waals surface area contributed by atoms with Crippen LogP contribution in [-0.2, 0) is 18.4 Å². The van der Waals surface area contributed by atoms with E-state index < -0.39 is 0 Å². The number of hydrogen-bond acceptors (Lipinski definition) is 5. The van der Waals surface area contributed by atoms with Crippen LogP contribution in [0.5, 0.6) is 0 Å². The number of aryl methyl sites for hydroxylation is 3. The van der Waals surface area contributed by atoms with E-state index in [1.54, 1.807) is 42.4 Å². The summed E-state index contributed by atoms with van der Waals surface area (Å²) in [6, 6.07) is 6.44. The molecular formula is C20H18FN5O2S. The molecule has 0 saturated heterocycles. The van der Waals surface area contributed by atoms with Crippen molar-refractivity contribution in [3.63, 3.8) is 0 Å². The van der Waals surface area contributed by atoms with Gasteiger partial charge in [0.1, 0.15) is 12.4 Å². The first kappa shape index (κ1) is 19.0. The molecule has 1 N–H and O–H groups in total. The highest BCUT2D eigenvalue weighted by atomic mass is 32.1. The lowest BCUT2D eigenvalue weighted by molar-refractivity contribution is -0.116. The Hall–Kier alpha value is -3.33. The van der Waals surface area contributed by atoms with E-state index in [-0.39, 0.29) is 23.8 Å². The van der Waals surface area contributed by atoms with E-state index >= 15 is 0 Å². The number of amides is 1. The lowest BCUT2D eigenvalue weighted by atomic mass is 10.1. The van der Waals surface area contributed by atoms with Crippen LogP contribution in [-0.4, -0.2) is 25.0 Å². The second kappa shape index (κ2) is 7.25. The molecule has 4 rings (SSSR count). The zero-order valence-electron chi connectivity index (χ0n) is 16.1. The fourth-order valence-electron chi connectivity index (χ4n) is 3.12. The average Bonchev–Trinajstić information content (AvgIpc) is 3.30. The Labute approximate surface area is 169 Å². The number of pyridine rings is 1. The maximum atomic E-state index is 13.8. The van der Waals surface area contributed by atoms with Gasteiger partial charge in [-0.1, -0.05) is 12.1 Å². The van der Waals surface area contributed by atoms with E-state index in [2.05, 4.69) is 15.3 Å². The van der Waals surface area contributed by atoms with Crippen molar-refractivity contribution in [1.82, 2.24) is 19.1 Å².